The minimum Gasteiger partial charge on any atom is -0.338 e. The maximum absolute atomic E-state index is 13.1. The van der Waals surface area contributed by atoms with Crippen LogP contribution in [0.1, 0.15) is 59.8 Å². The Morgan fingerprint density at radius 1 is 1.25 bits per heavy atom. The van der Waals surface area contributed by atoms with E-state index in [1.54, 1.807) is 4.90 Å². The van der Waals surface area contributed by atoms with Crippen molar-refractivity contribution in [2.45, 2.75) is 71.4 Å². The molecule has 160 valence electrons. The van der Waals surface area contributed by atoms with E-state index >= 15 is 0 Å². The van der Waals surface area contributed by atoms with Gasteiger partial charge in [-0.3, -0.25) is 14.5 Å². The fourth-order valence-corrected chi connectivity index (χ4v) is 4.73. The summed E-state index contributed by atoms with van der Waals surface area (Å²) >= 11 is 0. The summed E-state index contributed by atoms with van der Waals surface area (Å²) in [4.78, 5) is 41.0. The van der Waals surface area contributed by atoms with Crippen molar-refractivity contribution in [1.82, 2.24) is 20.4 Å². The number of nitrogens with zero attached hydrogens (tertiary/aromatic N) is 2. The zero-order valence-electron chi connectivity index (χ0n) is 17.5. The van der Waals surface area contributed by atoms with Crippen molar-refractivity contribution >= 4 is 30.3 Å². The Hall–Kier alpha value is -1.34. The Morgan fingerprint density at radius 3 is 2.46 bits per heavy atom. The van der Waals surface area contributed by atoms with E-state index in [0.717, 1.165) is 30.7 Å². The molecule has 4 amide bonds. The zero-order valence-corrected chi connectivity index (χ0v) is 18.4. The van der Waals surface area contributed by atoms with Crippen molar-refractivity contribution in [3.63, 3.8) is 0 Å². The molecule has 1 spiro atoms. The Kier molecular flexibility index (Phi) is 7.03. The summed E-state index contributed by atoms with van der Waals surface area (Å²) in [6, 6.07) is -0.181. The van der Waals surface area contributed by atoms with E-state index in [2.05, 4.69) is 31.4 Å². The lowest BCUT2D eigenvalue weighted by Crippen LogP contribution is -2.54. The van der Waals surface area contributed by atoms with Crippen LogP contribution in [0.25, 0.3) is 0 Å². The van der Waals surface area contributed by atoms with Gasteiger partial charge in [-0.2, -0.15) is 0 Å². The van der Waals surface area contributed by atoms with E-state index in [0.29, 0.717) is 31.8 Å². The molecular formula is C20H35ClN4O3. The quantitative estimate of drug-likeness (QED) is 0.690. The number of imide groups is 1. The highest BCUT2D eigenvalue weighted by Gasteiger charge is 2.53. The number of urea groups is 1. The van der Waals surface area contributed by atoms with E-state index in [1.807, 2.05) is 6.92 Å². The first-order valence-corrected chi connectivity index (χ1v) is 10.3. The minimum absolute atomic E-state index is 0. The maximum atomic E-state index is 13.1. The van der Waals surface area contributed by atoms with Crippen molar-refractivity contribution in [3.8, 4) is 0 Å². The van der Waals surface area contributed by atoms with Crippen LogP contribution < -0.4 is 10.6 Å². The topological polar surface area (TPSA) is 81.8 Å². The number of rotatable bonds is 4. The molecular weight excluding hydrogens is 380 g/mol. The number of carbonyl (C=O) groups excluding carboxylic acids is 3. The van der Waals surface area contributed by atoms with Gasteiger partial charge in [-0.25, -0.2) is 4.79 Å². The van der Waals surface area contributed by atoms with Crippen molar-refractivity contribution in [2.75, 3.05) is 26.2 Å². The van der Waals surface area contributed by atoms with E-state index in [4.69, 9.17) is 0 Å². The Morgan fingerprint density at radius 2 is 1.89 bits per heavy atom. The number of nitrogens with one attached hydrogen (secondary N) is 2. The summed E-state index contributed by atoms with van der Waals surface area (Å²) in [5, 5.41) is 6.22. The standard InChI is InChI=1S/C20H34N4O3.ClH/c1-5-19(3,4)15-6-8-20(9-7-15)17(26)24(18(27)22-20)13-16(25)23-11-10-21-14(2)12-23;/h14-15,21H,5-13H2,1-4H3,(H,22,27);1H. The molecule has 3 fully saturated rings. The van der Waals surface area contributed by atoms with E-state index in [9.17, 15) is 14.4 Å². The van der Waals surface area contributed by atoms with Crippen LogP contribution in [0.2, 0.25) is 0 Å². The SMILES string of the molecule is CCC(C)(C)C1CCC2(CC1)NC(=O)N(CC(=O)N1CCNC(C)C1)C2=O.Cl. The first-order valence-electron chi connectivity index (χ1n) is 10.3. The molecule has 0 radical (unpaired) electrons. The predicted molar refractivity (Wildman–Crippen MR) is 110 cm³/mol. The number of hydrogen-bond acceptors (Lipinski definition) is 4. The zero-order chi connectivity index (χ0) is 19.8. The lowest BCUT2D eigenvalue weighted by atomic mass is 9.65. The van der Waals surface area contributed by atoms with Gasteiger partial charge in [-0.15, -0.1) is 12.4 Å². The van der Waals surface area contributed by atoms with Gasteiger partial charge in [0.2, 0.25) is 5.91 Å². The molecule has 0 bridgehead atoms. The van der Waals surface area contributed by atoms with Gasteiger partial charge in [0.25, 0.3) is 5.91 Å². The molecule has 1 unspecified atom stereocenters. The smallest absolute Gasteiger partial charge is 0.325 e. The van der Waals surface area contributed by atoms with Crippen molar-refractivity contribution in [3.05, 3.63) is 0 Å². The molecule has 2 N–H and O–H groups in total. The third-order valence-electron chi connectivity index (χ3n) is 7.12. The summed E-state index contributed by atoms with van der Waals surface area (Å²) in [6.45, 7) is 10.6. The molecule has 2 heterocycles. The number of piperazine rings is 1. The molecule has 1 aliphatic carbocycles. The van der Waals surface area contributed by atoms with Crippen LogP contribution in [0.5, 0.6) is 0 Å². The molecule has 0 aromatic heterocycles. The molecule has 2 aliphatic heterocycles. The largest absolute Gasteiger partial charge is 0.338 e. The average molecular weight is 415 g/mol. The van der Waals surface area contributed by atoms with Gasteiger partial charge >= 0.3 is 6.03 Å². The molecule has 0 aromatic rings. The second-order valence-electron chi connectivity index (χ2n) is 9.21. The van der Waals surface area contributed by atoms with Crippen LogP contribution in [0.15, 0.2) is 0 Å². The average Bonchev–Trinajstić information content (AvgIpc) is 2.86. The van der Waals surface area contributed by atoms with Gasteiger partial charge in [0.15, 0.2) is 0 Å². The van der Waals surface area contributed by atoms with Gasteiger partial charge in [0.05, 0.1) is 0 Å². The number of halogens is 1. The highest BCUT2D eigenvalue weighted by Crippen LogP contribution is 2.45. The molecule has 3 aliphatic rings. The number of carbonyl (C=O) groups is 3. The Labute approximate surface area is 174 Å². The summed E-state index contributed by atoms with van der Waals surface area (Å²) in [5.74, 6) is 0.206. The maximum Gasteiger partial charge on any atom is 0.325 e. The van der Waals surface area contributed by atoms with Crippen LogP contribution in [0, 0.1) is 11.3 Å². The molecule has 3 rings (SSSR count). The van der Waals surface area contributed by atoms with Crippen LogP contribution in [0.4, 0.5) is 4.79 Å². The van der Waals surface area contributed by atoms with E-state index in [1.165, 1.54) is 0 Å². The van der Waals surface area contributed by atoms with Crippen LogP contribution in [0.3, 0.4) is 0 Å². The molecule has 7 nitrogen and oxygen atoms in total. The fraction of sp³-hybridized carbons (Fsp3) is 0.850. The second-order valence-corrected chi connectivity index (χ2v) is 9.21. The molecule has 28 heavy (non-hydrogen) atoms. The normalized spacial score (nSPS) is 31.0. The van der Waals surface area contributed by atoms with Gasteiger partial charge in [-0.1, -0.05) is 27.2 Å². The lowest BCUT2D eigenvalue weighted by Gasteiger charge is -2.42. The number of hydrogen-bond donors (Lipinski definition) is 2. The predicted octanol–water partition coefficient (Wildman–Crippen LogP) is 2.15. The van der Waals surface area contributed by atoms with E-state index < -0.39 is 11.6 Å². The second kappa shape index (κ2) is 8.57. The monoisotopic (exact) mass is 414 g/mol. The molecule has 1 atom stereocenters. The van der Waals surface area contributed by atoms with Crippen LogP contribution in [-0.4, -0.2) is 65.4 Å². The van der Waals surface area contributed by atoms with Gasteiger partial charge in [0.1, 0.15) is 12.1 Å². The number of amides is 4. The molecule has 0 aromatic carbocycles. The first-order chi connectivity index (χ1) is 12.7. The van der Waals surface area contributed by atoms with Crippen LogP contribution >= 0.6 is 12.4 Å². The molecule has 1 saturated carbocycles. The molecule has 2 saturated heterocycles. The summed E-state index contributed by atoms with van der Waals surface area (Å²) < 4.78 is 0. The van der Waals surface area contributed by atoms with Gasteiger partial charge in [0, 0.05) is 25.7 Å². The lowest BCUT2D eigenvalue weighted by molar-refractivity contribution is -0.140. The minimum atomic E-state index is -0.797. The van der Waals surface area contributed by atoms with Crippen molar-refractivity contribution in [1.29, 1.82) is 0 Å². The van der Waals surface area contributed by atoms with E-state index in [-0.39, 0.29) is 42.2 Å². The third kappa shape index (κ3) is 4.30. The first kappa shape index (κ1) is 22.9. The van der Waals surface area contributed by atoms with Gasteiger partial charge < -0.3 is 15.5 Å². The summed E-state index contributed by atoms with van der Waals surface area (Å²) in [5.41, 5.74) is -0.545. The fourth-order valence-electron chi connectivity index (χ4n) is 4.73. The third-order valence-corrected chi connectivity index (χ3v) is 7.12. The van der Waals surface area contributed by atoms with Crippen molar-refractivity contribution in [2.24, 2.45) is 11.3 Å². The molecule has 8 heteroatoms. The van der Waals surface area contributed by atoms with Crippen LogP contribution in [-0.2, 0) is 9.59 Å². The van der Waals surface area contributed by atoms with Crippen molar-refractivity contribution < 1.29 is 14.4 Å². The highest BCUT2D eigenvalue weighted by molar-refractivity contribution is 6.09. The highest BCUT2D eigenvalue weighted by atomic mass is 35.5. The Bertz CT molecular complexity index is 617. The van der Waals surface area contributed by atoms with Gasteiger partial charge in [-0.05, 0) is 43.9 Å². The Balaban J connectivity index is 0.00000280. The summed E-state index contributed by atoms with van der Waals surface area (Å²) in [6.07, 6.45) is 4.31. The summed E-state index contributed by atoms with van der Waals surface area (Å²) in [7, 11) is 0.